The summed E-state index contributed by atoms with van der Waals surface area (Å²) >= 11 is 5.86. The fourth-order valence-corrected chi connectivity index (χ4v) is 2.46. The number of nitrogens with two attached hydrogens (primary N) is 1. The number of benzene rings is 1. The van der Waals surface area contributed by atoms with Gasteiger partial charge in [0.2, 0.25) is 5.28 Å². The Morgan fingerprint density at radius 2 is 2.11 bits per heavy atom. The maximum atomic E-state index is 5.95. The van der Waals surface area contributed by atoms with Gasteiger partial charge < -0.3 is 10.6 Å². The van der Waals surface area contributed by atoms with Crippen molar-refractivity contribution >= 4 is 28.8 Å². The summed E-state index contributed by atoms with van der Waals surface area (Å²) in [7, 11) is 0. The lowest BCUT2D eigenvalue weighted by Crippen LogP contribution is -2.26. The fraction of sp³-hybridized carbons (Fsp3) is 0.231. The molecule has 0 aliphatic carbocycles. The van der Waals surface area contributed by atoms with Crippen LogP contribution in [0.1, 0.15) is 12.0 Å². The smallest absolute Gasteiger partial charge is 0.224 e. The van der Waals surface area contributed by atoms with Gasteiger partial charge >= 0.3 is 0 Å². The molecule has 0 amide bonds. The maximum absolute atomic E-state index is 5.95. The Labute approximate surface area is 110 Å². The van der Waals surface area contributed by atoms with Gasteiger partial charge in [-0.15, -0.1) is 0 Å². The summed E-state index contributed by atoms with van der Waals surface area (Å²) in [5.41, 5.74) is 8.98. The van der Waals surface area contributed by atoms with E-state index in [1.807, 2.05) is 6.07 Å². The Morgan fingerprint density at radius 1 is 1.28 bits per heavy atom. The molecule has 92 valence electrons. The number of anilines is 3. The quantitative estimate of drug-likeness (QED) is 0.801. The number of rotatable bonds is 1. The molecule has 0 bridgehead atoms. The van der Waals surface area contributed by atoms with E-state index in [2.05, 4.69) is 33.1 Å². The number of hydrogen-bond donors (Lipinski definition) is 1. The zero-order chi connectivity index (χ0) is 12.5. The fourth-order valence-electron chi connectivity index (χ4n) is 2.33. The van der Waals surface area contributed by atoms with Gasteiger partial charge in [0.1, 0.15) is 0 Å². The molecular weight excluding hydrogens is 248 g/mol. The number of aromatic nitrogens is 2. The van der Waals surface area contributed by atoms with Crippen molar-refractivity contribution in [1.82, 2.24) is 9.97 Å². The predicted octanol–water partition coefficient (Wildman–Crippen LogP) is 2.80. The van der Waals surface area contributed by atoms with Crippen molar-refractivity contribution in [3.8, 4) is 0 Å². The average molecular weight is 261 g/mol. The zero-order valence-electron chi connectivity index (χ0n) is 9.81. The minimum Gasteiger partial charge on any atom is -0.394 e. The summed E-state index contributed by atoms with van der Waals surface area (Å²) in [5, 5.41) is 0.224. The van der Waals surface area contributed by atoms with Crippen LogP contribution in [-0.4, -0.2) is 16.5 Å². The maximum Gasteiger partial charge on any atom is 0.224 e. The topological polar surface area (TPSA) is 55.0 Å². The Hall–Kier alpha value is -1.81. The molecule has 18 heavy (non-hydrogen) atoms. The molecule has 0 atom stereocenters. The number of aryl methyl sites for hydroxylation is 1. The highest BCUT2D eigenvalue weighted by atomic mass is 35.5. The van der Waals surface area contributed by atoms with Crippen molar-refractivity contribution in [3.63, 3.8) is 0 Å². The SMILES string of the molecule is Nc1cnc(Cl)nc1N1CCCc2ccccc21. The first-order valence-corrected chi connectivity index (χ1v) is 6.27. The van der Waals surface area contributed by atoms with E-state index in [1.54, 1.807) is 6.20 Å². The lowest BCUT2D eigenvalue weighted by atomic mass is 10.0. The van der Waals surface area contributed by atoms with Crippen LogP contribution in [0.2, 0.25) is 5.28 Å². The molecule has 0 saturated carbocycles. The molecule has 1 aromatic carbocycles. The van der Waals surface area contributed by atoms with E-state index < -0.39 is 0 Å². The number of hydrogen-bond acceptors (Lipinski definition) is 4. The molecule has 2 heterocycles. The lowest BCUT2D eigenvalue weighted by Gasteiger charge is -2.30. The van der Waals surface area contributed by atoms with E-state index in [-0.39, 0.29) is 5.28 Å². The van der Waals surface area contributed by atoms with Crippen molar-refractivity contribution in [1.29, 1.82) is 0 Å². The number of nitrogen functional groups attached to an aromatic ring is 1. The highest BCUT2D eigenvalue weighted by molar-refractivity contribution is 6.28. The van der Waals surface area contributed by atoms with Crippen molar-refractivity contribution < 1.29 is 0 Å². The normalized spacial score (nSPS) is 14.4. The predicted molar refractivity (Wildman–Crippen MR) is 73.2 cm³/mol. The molecule has 2 aromatic rings. The van der Waals surface area contributed by atoms with Crippen LogP contribution in [0.15, 0.2) is 30.5 Å². The van der Waals surface area contributed by atoms with Gasteiger partial charge in [0.05, 0.1) is 11.9 Å². The van der Waals surface area contributed by atoms with Crippen LogP contribution in [0.5, 0.6) is 0 Å². The Morgan fingerprint density at radius 3 is 3.00 bits per heavy atom. The summed E-state index contributed by atoms with van der Waals surface area (Å²) in [5.74, 6) is 0.696. The third kappa shape index (κ3) is 1.88. The summed E-state index contributed by atoms with van der Waals surface area (Å²) in [6.45, 7) is 0.897. The van der Waals surface area contributed by atoms with Crippen molar-refractivity contribution in [3.05, 3.63) is 41.3 Å². The molecule has 5 heteroatoms. The molecule has 0 radical (unpaired) electrons. The second-order valence-electron chi connectivity index (χ2n) is 4.30. The molecule has 0 unspecified atom stereocenters. The number of fused-ring (bicyclic) bond motifs is 1. The zero-order valence-corrected chi connectivity index (χ0v) is 10.6. The second-order valence-corrected chi connectivity index (χ2v) is 4.64. The van der Waals surface area contributed by atoms with E-state index in [9.17, 15) is 0 Å². The van der Waals surface area contributed by atoms with Gasteiger partial charge in [0, 0.05) is 12.2 Å². The number of para-hydroxylation sites is 1. The molecule has 0 saturated heterocycles. The monoisotopic (exact) mass is 260 g/mol. The van der Waals surface area contributed by atoms with Gasteiger partial charge in [0.15, 0.2) is 5.82 Å². The van der Waals surface area contributed by atoms with Gasteiger partial charge in [-0.3, -0.25) is 0 Å². The van der Waals surface area contributed by atoms with E-state index in [0.717, 1.165) is 25.1 Å². The Balaban J connectivity index is 2.11. The van der Waals surface area contributed by atoms with Crippen molar-refractivity contribution in [2.45, 2.75) is 12.8 Å². The second kappa shape index (κ2) is 4.46. The van der Waals surface area contributed by atoms with Gasteiger partial charge in [-0.2, -0.15) is 4.98 Å². The molecule has 0 fully saturated rings. The Kier molecular flexibility index (Phi) is 2.80. The van der Waals surface area contributed by atoms with Gasteiger partial charge in [-0.05, 0) is 36.1 Å². The number of nitrogens with zero attached hydrogens (tertiary/aromatic N) is 3. The van der Waals surface area contributed by atoms with Crippen LogP contribution in [0.4, 0.5) is 17.2 Å². The third-order valence-corrected chi connectivity index (χ3v) is 3.31. The van der Waals surface area contributed by atoms with Crippen LogP contribution in [-0.2, 0) is 6.42 Å². The largest absolute Gasteiger partial charge is 0.394 e. The van der Waals surface area contributed by atoms with E-state index in [1.165, 1.54) is 5.56 Å². The molecule has 1 aliphatic rings. The molecule has 1 aliphatic heterocycles. The van der Waals surface area contributed by atoms with Crippen LogP contribution in [0, 0.1) is 0 Å². The van der Waals surface area contributed by atoms with E-state index >= 15 is 0 Å². The van der Waals surface area contributed by atoms with Crippen molar-refractivity contribution in [2.75, 3.05) is 17.2 Å². The number of halogens is 1. The van der Waals surface area contributed by atoms with Gasteiger partial charge in [-0.1, -0.05) is 18.2 Å². The third-order valence-electron chi connectivity index (χ3n) is 3.13. The highest BCUT2D eigenvalue weighted by Gasteiger charge is 2.20. The summed E-state index contributed by atoms with van der Waals surface area (Å²) in [6, 6.07) is 8.30. The average Bonchev–Trinajstić information content (AvgIpc) is 2.41. The van der Waals surface area contributed by atoms with Crippen LogP contribution in [0.25, 0.3) is 0 Å². The molecule has 2 N–H and O–H groups in total. The van der Waals surface area contributed by atoms with E-state index in [0.29, 0.717) is 11.5 Å². The first-order chi connectivity index (χ1) is 8.75. The van der Waals surface area contributed by atoms with Crippen LogP contribution in [0.3, 0.4) is 0 Å². The summed E-state index contributed by atoms with van der Waals surface area (Å²) < 4.78 is 0. The summed E-state index contributed by atoms with van der Waals surface area (Å²) in [6.07, 6.45) is 3.73. The lowest BCUT2D eigenvalue weighted by molar-refractivity contribution is 0.759. The van der Waals surface area contributed by atoms with Gasteiger partial charge in [0.25, 0.3) is 0 Å². The Bertz CT molecular complexity index is 585. The first kappa shape index (κ1) is 11.3. The van der Waals surface area contributed by atoms with Gasteiger partial charge in [-0.25, -0.2) is 4.98 Å². The van der Waals surface area contributed by atoms with Crippen LogP contribution < -0.4 is 10.6 Å². The minimum atomic E-state index is 0.224. The van der Waals surface area contributed by atoms with Crippen molar-refractivity contribution in [2.24, 2.45) is 0 Å². The standard InChI is InChI=1S/C13H13ClN4/c14-13-16-8-10(15)12(17-13)18-7-3-5-9-4-1-2-6-11(9)18/h1-2,4,6,8H,3,5,7,15H2. The highest BCUT2D eigenvalue weighted by Crippen LogP contribution is 2.34. The van der Waals surface area contributed by atoms with E-state index in [4.69, 9.17) is 17.3 Å². The molecule has 1 aromatic heterocycles. The van der Waals surface area contributed by atoms with Crippen LogP contribution >= 0.6 is 11.6 Å². The molecule has 0 spiro atoms. The molecule has 4 nitrogen and oxygen atoms in total. The molecular formula is C13H13ClN4. The first-order valence-electron chi connectivity index (χ1n) is 5.89. The summed E-state index contributed by atoms with van der Waals surface area (Å²) in [4.78, 5) is 10.3. The molecule has 3 rings (SSSR count). The minimum absolute atomic E-state index is 0.224.